The van der Waals surface area contributed by atoms with Crippen molar-refractivity contribution < 1.29 is 4.74 Å². The predicted octanol–water partition coefficient (Wildman–Crippen LogP) is 5.32. The number of fused-ring (bicyclic) bond motifs is 1. The van der Waals surface area contributed by atoms with Crippen LogP contribution in [0.3, 0.4) is 0 Å². The molecule has 3 rings (SSSR count). The molecule has 0 saturated heterocycles. The van der Waals surface area contributed by atoms with Gasteiger partial charge in [-0.05, 0) is 31.0 Å². The number of hydrogen-bond acceptors (Lipinski definition) is 2. The summed E-state index contributed by atoms with van der Waals surface area (Å²) >= 11 is 9.99. The maximum absolute atomic E-state index is 6.45. The van der Waals surface area contributed by atoms with E-state index in [1.54, 1.807) is 7.11 Å². The van der Waals surface area contributed by atoms with Crippen LogP contribution < -0.4 is 4.74 Å². The van der Waals surface area contributed by atoms with Crippen molar-refractivity contribution in [3.8, 4) is 5.75 Å². The zero-order valence-corrected chi connectivity index (χ0v) is 13.1. The Morgan fingerprint density at radius 1 is 1.32 bits per heavy atom. The van der Waals surface area contributed by atoms with E-state index in [0.29, 0.717) is 5.92 Å². The molecule has 1 heterocycles. The fraction of sp³-hybridized carbons (Fsp3) is 0.400. The van der Waals surface area contributed by atoms with Crippen LogP contribution in [0.2, 0.25) is 5.02 Å². The van der Waals surface area contributed by atoms with Crippen LogP contribution in [-0.4, -0.2) is 12.1 Å². The molecular weight excluding hydrogens is 326 g/mol. The zero-order valence-electron chi connectivity index (χ0n) is 10.7. The number of hydrogen-bond donors (Lipinski definition) is 0. The Morgan fingerprint density at radius 3 is 2.74 bits per heavy atom. The molecule has 0 unspecified atom stereocenters. The van der Waals surface area contributed by atoms with E-state index in [1.165, 1.54) is 25.7 Å². The number of rotatable bonds is 2. The Kier molecular flexibility index (Phi) is 3.68. The normalized spacial score (nSPS) is 16.2. The Hall–Kier alpha value is -0.800. The quantitative estimate of drug-likeness (QED) is 0.738. The van der Waals surface area contributed by atoms with Crippen LogP contribution in [0.5, 0.6) is 5.75 Å². The standard InChI is InChI=1S/C15H15BrClNO/c1-19-13-7-6-10(16)14-11(17)8-12(18-15(13)14)9-4-2-3-5-9/h6-9H,2-5H2,1H3. The highest BCUT2D eigenvalue weighted by atomic mass is 79.9. The second-order valence-corrected chi connectivity index (χ2v) is 6.25. The molecule has 1 aliphatic carbocycles. The first-order chi connectivity index (χ1) is 9.20. The van der Waals surface area contributed by atoms with Crippen molar-refractivity contribution in [1.29, 1.82) is 0 Å². The first-order valence-corrected chi connectivity index (χ1v) is 7.70. The fourth-order valence-electron chi connectivity index (χ4n) is 2.84. The van der Waals surface area contributed by atoms with Gasteiger partial charge >= 0.3 is 0 Å². The second-order valence-electron chi connectivity index (χ2n) is 4.98. The minimum atomic E-state index is 0.547. The largest absolute Gasteiger partial charge is 0.494 e. The minimum absolute atomic E-state index is 0.547. The van der Waals surface area contributed by atoms with Gasteiger partial charge in [-0.1, -0.05) is 40.4 Å². The summed E-state index contributed by atoms with van der Waals surface area (Å²) in [5, 5.41) is 1.68. The van der Waals surface area contributed by atoms with Gasteiger partial charge in [0.2, 0.25) is 0 Å². The molecule has 2 nitrogen and oxygen atoms in total. The SMILES string of the molecule is COc1ccc(Br)c2c(Cl)cc(C3CCCC3)nc12. The number of benzene rings is 1. The number of aromatic nitrogens is 1. The predicted molar refractivity (Wildman–Crippen MR) is 82.2 cm³/mol. The highest BCUT2D eigenvalue weighted by molar-refractivity contribution is 9.10. The first kappa shape index (κ1) is 13.2. The van der Waals surface area contributed by atoms with Gasteiger partial charge in [0.25, 0.3) is 0 Å². The summed E-state index contributed by atoms with van der Waals surface area (Å²) in [4.78, 5) is 4.81. The lowest BCUT2D eigenvalue weighted by molar-refractivity contribution is 0.418. The Labute approximate surface area is 126 Å². The summed E-state index contributed by atoms with van der Waals surface area (Å²) in [5.41, 5.74) is 1.96. The van der Waals surface area contributed by atoms with Crippen molar-refractivity contribution in [2.75, 3.05) is 7.11 Å². The van der Waals surface area contributed by atoms with Gasteiger partial charge < -0.3 is 4.74 Å². The lowest BCUT2D eigenvalue weighted by atomic mass is 10.0. The highest BCUT2D eigenvalue weighted by Gasteiger charge is 2.21. The molecular formula is C15H15BrClNO. The summed E-state index contributed by atoms with van der Waals surface area (Å²) < 4.78 is 6.37. The molecule has 1 aliphatic rings. The topological polar surface area (TPSA) is 22.1 Å². The smallest absolute Gasteiger partial charge is 0.145 e. The van der Waals surface area contributed by atoms with E-state index in [9.17, 15) is 0 Å². The molecule has 0 atom stereocenters. The lowest BCUT2D eigenvalue weighted by Gasteiger charge is -2.13. The van der Waals surface area contributed by atoms with Crippen LogP contribution in [0.25, 0.3) is 10.9 Å². The van der Waals surface area contributed by atoms with Crippen molar-refractivity contribution in [3.05, 3.63) is 33.4 Å². The maximum Gasteiger partial charge on any atom is 0.145 e. The van der Waals surface area contributed by atoms with Gasteiger partial charge in [0.1, 0.15) is 11.3 Å². The number of ether oxygens (including phenoxy) is 1. The molecule has 0 N–H and O–H groups in total. The van der Waals surface area contributed by atoms with Gasteiger partial charge in [-0.2, -0.15) is 0 Å². The molecule has 100 valence electrons. The van der Waals surface area contributed by atoms with Crippen molar-refractivity contribution in [2.45, 2.75) is 31.6 Å². The zero-order chi connectivity index (χ0) is 13.4. The van der Waals surface area contributed by atoms with Gasteiger partial charge in [-0.25, -0.2) is 4.98 Å². The van der Waals surface area contributed by atoms with E-state index < -0.39 is 0 Å². The second kappa shape index (κ2) is 5.29. The minimum Gasteiger partial charge on any atom is -0.494 e. The summed E-state index contributed by atoms with van der Waals surface area (Å²) in [6.45, 7) is 0. The van der Waals surface area contributed by atoms with Crippen LogP contribution in [0, 0.1) is 0 Å². The highest BCUT2D eigenvalue weighted by Crippen LogP contribution is 2.40. The van der Waals surface area contributed by atoms with E-state index in [4.69, 9.17) is 21.3 Å². The molecule has 4 heteroatoms. The summed E-state index contributed by atoms with van der Waals surface area (Å²) in [7, 11) is 1.67. The molecule has 0 bridgehead atoms. The molecule has 0 spiro atoms. The Balaban J connectivity index is 2.23. The third-order valence-electron chi connectivity index (χ3n) is 3.84. The molecule has 1 aromatic heterocycles. The van der Waals surface area contributed by atoms with Crippen LogP contribution >= 0.6 is 27.5 Å². The number of nitrogens with zero attached hydrogens (tertiary/aromatic N) is 1. The molecule has 1 saturated carbocycles. The van der Waals surface area contributed by atoms with E-state index >= 15 is 0 Å². The van der Waals surface area contributed by atoms with Crippen LogP contribution in [0.4, 0.5) is 0 Å². The summed E-state index contributed by atoms with van der Waals surface area (Å²) in [6.07, 6.45) is 5.01. The van der Waals surface area contributed by atoms with Crippen LogP contribution in [-0.2, 0) is 0 Å². The molecule has 1 fully saturated rings. The molecule has 0 aliphatic heterocycles. The number of methoxy groups -OCH3 is 1. The van der Waals surface area contributed by atoms with Crippen molar-refractivity contribution >= 4 is 38.4 Å². The van der Waals surface area contributed by atoms with Crippen molar-refractivity contribution in [3.63, 3.8) is 0 Å². The summed E-state index contributed by atoms with van der Waals surface area (Å²) in [6, 6.07) is 5.89. The molecule has 0 amide bonds. The number of pyridine rings is 1. The van der Waals surface area contributed by atoms with E-state index in [2.05, 4.69) is 15.9 Å². The molecule has 19 heavy (non-hydrogen) atoms. The van der Waals surface area contributed by atoms with Crippen LogP contribution in [0.15, 0.2) is 22.7 Å². The van der Waals surface area contributed by atoms with Gasteiger partial charge in [-0.15, -0.1) is 0 Å². The maximum atomic E-state index is 6.45. The van der Waals surface area contributed by atoms with Gasteiger partial charge in [0, 0.05) is 21.5 Å². The van der Waals surface area contributed by atoms with Crippen molar-refractivity contribution in [1.82, 2.24) is 4.98 Å². The molecule has 2 aromatic rings. The van der Waals surface area contributed by atoms with E-state index in [0.717, 1.165) is 31.8 Å². The first-order valence-electron chi connectivity index (χ1n) is 6.53. The van der Waals surface area contributed by atoms with Gasteiger partial charge in [0.15, 0.2) is 0 Å². The molecule has 0 radical (unpaired) electrons. The van der Waals surface area contributed by atoms with Gasteiger partial charge in [0.05, 0.1) is 12.1 Å². The van der Waals surface area contributed by atoms with E-state index in [-0.39, 0.29) is 0 Å². The average Bonchev–Trinajstić information content (AvgIpc) is 2.92. The number of halogens is 2. The third kappa shape index (κ3) is 2.34. The monoisotopic (exact) mass is 339 g/mol. The Bertz CT molecular complexity index is 623. The summed E-state index contributed by atoms with van der Waals surface area (Å²) in [5.74, 6) is 1.32. The van der Waals surface area contributed by atoms with E-state index in [1.807, 2.05) is 18.2 Å². The van der Waals surface area contributed by atoms with Crippen molar-refractivity contribution in [2.24, 2.45) is 0 Å². The molecule has 1 aromatic carbocycles. The third-order valence-corrected chi connectivity index (χ3v) is 4.80. The Morgan fingerprint density at radius 2 is 2.05 bits per heavy atom. The average molecular weight is 341 g/mol. The van der Waals surface area contributed by atoms with Gasteiger partial charge in [-0.3, -0.25) is 0 Å². The fourth-order valence-corrected chi connectivity index (χ4v) is 3.80. The lowest BCUT2D eigenvalue weighted by Crippen LogP contribution is -1.99. The van der Waals surface area contributed by atoms with Crippen LogP contribution in [0.1, 0.15) is 37.3 Å².